The van der Waals surface area contributed by atoms with Crippen molar-refractivity contribution < 1.29 is 14.1 Å². The maximum atomic E-state index is 13.6. The molecule has 0 amide bonds. The van der Waals surface area contributed by atoms with Crippen LogP contribution < -0.4 is 4.74 Å². The summed E-state index contributed by atoms with van der Waals surface area (Å²) < 4.78 is 18.9. The number of nitro benzene ring substituents is 1. The van der Waals surface area contributed by atoms with Gasteiger partial charge in [0.25, 0.3) is 5.69 Å². The molecule has 5 nitrogen and oxygen atoms in total. The lowest BCUT2D eigenvalue weighted by atomic mass is 10.2. The van der Waals surface area contributed by atoms with Crippen LogP contribution in [0.25, 0.3) is 0 Å². The molecule has 1 aromatic heterocycles. The van der Waals surface area contributed by atoms with Gasteiger partial charge in [0.2, 0.25) is 5.88 Å². The molecular formula is C13H11FN2O3. The highest BCUT2D eigenvalue weighted by Gasteiger charge is 2.18. The molecule has 1 aromatic carbocycles. The number of aryl methyl sites for hydroxylation is 1. The maximum absolute atomic E-state index is 13.6. The van der Waals surface area contributed by atoms with Gasteiger partial charge in [0, 0.05) is 17.8 Å². The summed E-state index contributed by atoms with van der Waals surface area (Å²) in [5.41, 5.74) is 0.396. The number of pyridine rings is 1. The minimum Gasteiger partial charge on any atom is -0.472 e. The van der Waals surface area contributed by atoms with Crippen LogP contribution in [0.15, 0.2) is 36.5 Å². The summed E-state index contributed by atoms with van der Waals surface area (Å²) in [7, 11) is 0. The molecule has 98 valence electrons. The summed E-state index contributed by atoms with van der Waals surface area (Å²) in [6.45, 7) is 1.55. The number of hydrogen-bond acceptors (Lipinski definition) is 4. The molecule has 0 saturated carbocycles. The lowest BCUT2D eigenvalue weighted by molar-refractivity contribution is -0.386. The average molecular weight is 262 g/mol. The van der Waals surface area contributed by atoms with Crippen molar-refractivity contribution in [3.8, 4) is 5.88 Å². The monoisotopic (exact) mass is 262 g/mol. The van der Waals surface area contributed by atoms with Gasteiger partial charge in [0.05, 0.1) is 4.92 Å². The van der Waals surface area contributed by atoms with Gasteiger partial charge < -0.3 is 4.74 Å². The second kappa shape index (κ2) is 5.43. The highest BCUT2D eigenvalue weighted by molar-refractivity contribution is 5.40. The van der Waals surface area contributed by atoms with E-state index in [4.69, 9.17) is 4.74 Å². The number of hydrogen-bond donors (Lipinski definition) is 0. The molecule has 0 aliphatic carbocycles. The van der Waals surface area contributed by atoms with Crippen molar-refractivity contribution in [1.29, 1.82) is 0 Å². The van der Waals surface area contributed by atoms with Crippen LogP contribution in [0, 0.1) is 22.9 Å². The summed E-state index contributed by atoms with van der Waals surface area (Å²) in [4.78, 5) is 14.2. The summed E-state index contributed by atoms with van der Waals surface area (Å²) in [5, 5.41) is 10.8. The van der Waals surface area contributed by atoms with Gasteiger partial charge in [-0.05, 0) is 19.1 Å². The molecule has 0 aliphatic rings. The third-order valence-corrected chi connectivity index (χ3v) is 2.61. The summed E-state index contributed by atoms with van der Waals surface area (Å²) in [6.07, 6.45) is 1.54. The fourth-order valence-electron chi connectivity index (χ4n) is 1.62. The fourth-order valence-corrected chi connectivity index (χ4v) is 1.62. The smallest absolute Gasteiger partial charge is 0.278 e. The minimum atomic E-state index is -0.664. The van der Waals surface area contributed by atoms with Crippen molar-refractivity contribution in [1.82, 2.24) is 4.98 Å². The van der Waals surface area contributed by atoms with Gasteiger partial charge in [-0.1, -0.05) is 12.1 Å². The van der Waals surface area contributed by atoms with Crippen molar-refractivity contribution in [3.63, 3.8) is 0 Å². The lowest BCUT2D eigenvalue weighted by Gasteiger charge is -2.08. The third-order valence-electron chi connectivity index (χ3n) is 2.61. The van der Waals surface area contributed by atoms with Crippen molar-refractivity contribution in [2.24, 2.45) is 0 Å². The van der Waals surface area contributed by atoms with E-state index in [1.54, 1.807) is 19.1 Å². The van der Waals surface area contributed by atoms with E-state index in [1.165, 1.54) is 18.3 Å². The van der Waals surface area contributed by atoms with Gasteiger partial charge in [-0.25, -0.2) is 9.37 Å². The van der Waals surface area contributed by atoms with Crippen LogP contribution in [0.3, 0.4) is 0 Å². The summed E-state index contributed by atoms with van der Waals surface area (Å²) >= 11 is 0. The number of rotatable bonds is 4. The van der Waals surface area contributed by atoms with E-state index in [9.17, 15) is 14.5 Å². The second-order valence-electron chi connectivity index (χ2n) is 3.91. The first-order valence-electron chi connectivity index (χ1n) is 5.56. The molecule has 0 spiro atoms. The first-order valence-corrected chi connectivity index (χ1v) is 5.56. The molecule has 0 atom stereocenters. The van der Waals surface area contributed by atoms with Crippen molar-refractivity contribution in [3.05, 3.63) is 63.6 Å². The highest BCUT2D eigenvalue weighted by Crippen LogP contribution is 2.23. The van der Waals surface area contributed by atoms with E-state index in [2.05, 4.69) is 4.98 Å². The standard InChI is InChI=1S/C13H11FN2O3/c1-9-4-3-7-15-13(9)19-8-10-11(14)5-2-6-12(10)16(17)18/h2-7H,8H2,1H3. The Labute approximate surface area is 108 Å². The molecule has 0 N–H and O–H groups in total. The Morgan fingerprint density at radius 2 is 2.16 bits per heavy atom. The van der Waals surface area contributed by atoms with Crippen molar-refractivity contribution in [2.75, 3.05) is 0 Å². The predicted octanol–water partition coefficient (Wildman–Crippen LogP) is 3.02. The van der Waals surface area contributed by atoms with E-state index >= 15 is 0 Å². The Balaban J connectivity index is 2.25. The summed E-state index contributed by atoms with van der Waals surface area (Å²) in [5.74, 6) is -0.331. The Morgan fingerprint density at radius 3 is 2.84 bits per heavy atom. The first-order chi connectivity index (χ1) is 9.09. The Hall–Kier alpha value is -2.50. The van der Waals surface area contributed by atoms with Gasteiger partial charge in [-0.2, -0.15) is 0 Å². The number of halogens is 1. The minimum absolute atomic E-state index is 0.0856. The van der Waals surface area contributed by atoms with E-state index in [1.807, 2.05) is 0 Å². The molecule has 0 bridgehead atoms. The predicted molar refractivity (Wildman–Crippen MR) is 66.4 cm³/mol. The van der Waals surface area contributed by atoms with E-state index in [0.717, 1.165) is 11.6 Å². The molecule has 0 aliphatic heterocycles. The van der Waals surface area contributed by atoms with Crippen LogP contribution in [0.4, 0.5) is 10.1 Å². The largest absolute Gasteiger partial charge is 0.472 e. The van der Waals surface area contributed by atoms with E-state index in [0.29, 0.717) is 5.88 Å². The summed E-state index contributed by atoms with van der Waals surface area (Å²) in [6, 6.07) is 7.23. The third kappa shape index (κ3) is 2.85. The highest BCUT2D eigenvalue weighted by atomic mass is 19.1. The lowest BCUT2D eigenvalue weighted by Crippen LogP contribution is -2.04. The van der Waals surface area contributed by atoms with Crippen LogP contribution in [0.5, 0.6) is 5.88 Å². The molecule has 0 saturated heterocycles. The molecule has 0 fully saturated rings. The molecule has 19 heavy (non-hydrogen) atoms. The normalized spacial score (nSPS) is 10.2. The van der Waals surface area contributed by atoms with Crippen LogP contribution in [-0.2, 0) is 6.61 Å². The fraction of sp³-hybridized carbons (Fsp3) is 0.154. The number of ether oxygens (including phenoxy) is 1. The molecule has 1 heterocycles. The van der Waals surface area contributed by atoms with Crippen LogP contribution >= 0.6 is 0 Å². The molecule has 6 heteroatoms. The van der Waals surface area contributed by atoms with Gasteiger partial charge in [0.15, 0.2) is 0 Å². The van der Waals surface area contributed by atoms with Gasteiger partial charge >= 0.3 is 0 Å². The quantitative estimate of drug-likeness (QED) is 0.627. The topological polar surface area (TPSA) is 65.3 Å². The molecule has 2 aromatic rings. The molecule has 2 rings (SSSR count). The van der Waals surface area contributed by atoms with Crippen LogP contribution in [-0.4, -0.2) is 9.91 Å². The van der Waals surface area contributed by atoms with Gasteiger partial charge in [0.1, 0.15) is 18.0 Å². The van der Waals surface area contributed by atoms with E-state index < -0.39 is 10.7 Å². The number of nitro groups is 1. The maximum Gasteiger partial charge on any atom is 0.278 e. The van der Waals surface area contributed by atoms with Crippen molar-refractivity contribution in [2.45, 2.75) is 13.5 Å². The molecule has 0 radical (unpaired) electrons. The Morgan fingerprint density at radius 1 is 1.37 bits per heavy atom. The zero-order chi connectivity index (χ0) is 13.8. The average Bonchev–Trinajstić information content (AvgIpc) is 2.38. The van der Waals surface area contributed by atoms with Crippen LogP contribution in [0.2, 0.25) is 0 Å². The number of aromatic nitrogens is 1. The molecular weight excluding hydrogens is 251 g/mol. The van der Waals surface area contributed by atoms with Crippen molar-refractivity contribution >= 4 is 5.69 Å². The number of benzene rings is 1. The SMILES string of the molecule is Cc1cccnc1OCc1c(F)cccc1[N+](=O)[O-]. The molecule has 0 unspecified atom stereocenters. The van der Waals surface area contributed by atoms with Gasteiger partial charge in [-0.15, -0.1) is 0 Å². The first kappa shape index (κ1) is 12.9. The van der Waals surface area contributed by atoms with Crippen LogP contribution in [0.1, 0.15) is 11.1 Å². The van der Waals surface area contributed by atoms with E-state index in [-0.39, 0.29) is 17.9 Å². The zero-order valence-corrected chi connectivity index (χ0v) is 10.2. The Kier molecular flexibility index (Phi) is 3.70. The number of nitrogens with zero attached hydrogens (tertiary/aromatic N) is 2. The zero-order valence-electron chi connectivity index (χ0n) is 10.2. The van der Waals surface area contributed by atoms with Gasteiger partial charge in [-0.3, -0.25) is 10.1 Å². The second-order valence-corrected chi connectivity index (χ2v) is 3.91. The Bertz CT molecular complexity index is 617.